The van der Waals surface area contributed by atoms with Gasteiger partial charge in [-0.2, -0.15) is 4.79 Å². The number of hydrogen-bond donors (Lipinski definition) is 1. The lowest BCUT2D eigenvalue weighted by molar-refractivity contribution is -0.124. The SMILES string of the molecule is CC(C)(CS(=O)O)C(=O)C(=[N+]=[N-])C1CCCCC1. The largest absolute Gasteiger partial charge is 0.361 e. The molecule has 102 valence electrons. The number of Topliss-reactive ketones (excluding diaryl/α,β-unsaturated/α-hetero) is 1. The van der Waals surface area contributed by atoms with Gasteiger partial charge in [0.25, 0.3) is 0 Å². The van der Waals surface area contributed by atoms with E-state index in [1.807, 2.05) is 0 Å². The van der Waals surface area contributed by atoms with Gasteiger partial charge in [0.2, 0.25) is 5.78 Å². The molecule has 1 aliphatic carbocycles. The van der Waals surface area contributed by atoms with Crippen LogP contribution in [0.3, 0.4) is 0 Å². The smallest absolute Gasteiger partial charge is 0.338 e. The van der Waals surface area contributed by atoms with Gasteiger partial charge in [0, 0.05) is 5.41 Å². The Morgan fingerprint density at radius 1 is 1.39 bits per heavy atom. The normalized spacial score (nSPS) is 19.1. The quantitative estimate of drug-likeness (QED) is 0.359. The molecule has 0 bridgehead atoms. The number of carbonyl (C=O) groups excluding carboxylic acids is 1. The highest BCUT2D eigenvalue weighted by Gasteiger charge is 2.41. The van der Waals surface area contributed by atoms with Crippen molar-refractivity contribution in [3.8, 4) is 0 Å². The van der Waals surface area contributed by atoms with E-state index in [-0.39, 0.29) is 23.2 Å². The molecule has 6 heteroatoms. The summed E-state index contributed by atoms with van der Waals surface area (Å²) in [7, 11) is 0. The standard InChI is InChI=1S/C12H20N2O3S/c1-12(2,8-18(16)17)11(15)10(14-13)9-6-4-3-5-7-9/h9H,3-8H2,1-2H3,(H,16,17). The van der Waals surface area contributed by atoms with Crippen LogP contribution >= 0.6 is 0 Å². The number of nitrogens with zero attached hydrogens (tertiary/aromatic N) is 2. The molecule has 0 heterocycles. The van der Waals surface area contributed by atoms with E-state index in [1.54, 1.807) is 13.8 Å². The Kier molecular flexibility index (Phi) is 5.38. The van der Waals surface area contributed by atoms with Gasteiger partial charge in [-0.15, -0.1) is 0 Å². The van der Waals surface area contributed by atoms with Crippen LogP contribution in [0.1, 0.15) is 46.0 Å². The summed E-state index contributed by atoms with van der Waals surface area (Å²) in [5, 5.41) is 0. The summed E-state index contributed by atoms with van der Waals surface area (Å²) < 4.78 is 19.8. The fraction of sp³-hybridized carbons (Fsp3) is 0.833. The highest BCUT2D eigenvalue weighted by molar-refractivity contribution is 7.79. The van der Waals surface area contributed by atoms with Crippen LogP contribution < -0.4 is 0 Å². The van der Waals surface area contributed by atoms with Crippen molar-refractivity contribution in [3.63, 3.8) is 0 Å². The summed E-state index contributed by atoms with van der Waals surface area (Å²) in [6, 6.07) is 0. The zero-order valence-corrected chi connectivity index (χ0v) is 11.7. The molecule has 1 unspecified atom stereocenters. The third-order valence-corrected chi connectivity index (χ3v) is 4.40. The van der Waals surface area contributed by atoms with Crippen LogP contribution in [0.2, 0.25) is 0 Å². The summed E-state index contributed by atoms with van der Waals surface area (Å²) in [4.78, 5) is 15.5. The van der Waals surface area contributed by atoms with Gasteiger partial charge in [0.1, 0.15) is 0 Å². The number of ketones is 1. The summed E-state index contributed by atoms with van der Waals surface area (Å²) in [6.45, 7) is 3.22. The fourth-order valence-corrected chi connectivity index (χ4v) is 3.16. The van der Waals surface area contributed by atoms with Crippen LogP contribution in [-0.4, -0.2) is 30.8 Å². The molecule has 0 spiro atoms. The predicted molar refractivity (Wildman–Crippen MR) is 69.6 cm³/mol. The Labute approximate surface area is 110 Å². The zero-order chi connectivity index (χ0) is 13.8. The van der Waals surface area contributed by atoms with Crippen LogP contribution in [0.4, 0.5) is 0 Å². The lowest BCUT2D eigenvalue weighted by atomic mass is 9.78. The van der Waals surface area contributed by atoms with Crippen molar-refractivity contribution in [2.45, 2.75) is 46.0 Å². The molecule has 5 nitrogen and oxygen atoms in total. The highest BCUT2D eigenvalue weighted by Crippen LogP contribution is 2.28. The van der Waals surface area contributed by atoms with Gasteiger partial charge in [-0.3, -0.25) is 4.79 Å². The van der Waals surface area contributed by atoms with Gasteiger partial charge in [-0.05, 0) is 12.8 Å². The third kappa shape index (κ3) is 3.83. The molecule has 1 N–H and O–H groups in total. The van der Waals surface area contributed by atoms with Crippen LogP contribution in [0.25, 0.3) is 5.53 Å². The first-order valence-electron chi connectivity index (χ1n) is 6.22. The second-order valence-corrected chi connectivity index (χ2v) is 6.43. The molecular weight excluding hydrogens is 252 g/mol. The Hall–Kier alpha value is -0.840. The summed E-state index contributed by atoms with van der Waals surface area (Å²) in [5.74, 6) is -0.473. The molecule has 1 aliphatic rings. The number of hydrogen-bond acceptors (Lipinski definition) is 2. The average Bonchev–Trinajstić information content (AvgIpc) is 2.29. The second kappa shape index (κ2) is 6.36. The van der Waals surface area contributed by atoms with E-state index >= 15 is 0 Å². The Morgan fingerprint density at radius 2 is 1.94 bits per heavy atom. The van der Waals surface area contributed by atoms with Gasteiger partial charge in [-0.25, -0.2) is 4.21 Å². The zero-order valence-electron chi connectivity index (χ0n) is 10.9. The lowest BCUT2D eigenvalue weighted by Crippen LogP contribution is -2.40. The molecule has 1 rings (SSSR count). The summed E-state index contributed by atoms with van der Waals surface area (Å²) in [6.07, 6.45) is 4.91. The van der Waals surface area contributed by atoms with Crippen molar-refractivity contribution in [2.75, 3.05) is 5.75 Å². The highest BCUT2D eigenvalue weighted by atomic mass is 32.2. The van der Waals surface area contributed by atoms with Gasteiger partial charge < -0.3 is 10.1 Å². The maximum absolute atomic E-state index is 12.3. The number of rotatable bonds is 5. The molecule has 0 aliphatic heterocycles. The molecular formula is C12H20N2O3S. The van der Waals surface area contributed by atoms with Crippen molar-refractivity contribution in [2.24, 2.45) is 11.3 Å². The van der Waals surface area contributed by atoms with Crippen molar-refractivity contribution < 1.29 is 18.3 Å². The van der Waals surface area contributed by atoms with E-state index in [0.717, 1.165) is 32.1 Å². The molecule has 1 saturated carbocycles. The molecule has 0 aromatic heterocycles. The first-order valence-corrected chi connectivity index (χ1v) is 7.50. The minimum atomic E-state index is -2.04. The van der Waals surface area contributed by atoms with Gasteiger partial charge in [0.15, 0.2) is 11.1 Å². The molecule has 0 aromatic carbocycles. The van der Waals surface area contributed by atoms with Crippen molar-refractivity contribution >= 4 is 22.6 Å². The summed E-state index contributed by atoms with van der Waals surface area (Å²) >= 11 is -2.04. The minimum Gasteiger partial charge on any atom is -0.361 e. The van der Waals surface area contributed by atoms with Crippen LogP contribution in [0, 0.1) is 11.3 Å². The fourth-order valence-electron chi connectivity index (χ4n) is 2.41. The molecule has 18 heavy (non-hydrogen) atoms. The molecule has 1 fully saturated rings. The second-order valence-electron chi connectivity index (χ2n) is 5.50. The van der Waals surface area contributed by atoms with Gasteiger partial charge in [-0.1, -0.05) is 33.1 Å². The maximum atomic E-state index is 12.3. The van der Waals surface area contributed by atoms with E-state index < -0.39 is 16.5 Å². The Bertz CT molecular complexity index is 394. The Morgan fingerprint density at radius 3 is 2.39 bits per heavy atom. The molecule has 0 radical (unpaired) electrons. The maximum Gasteiger partial charge on any atom is 0.338 e. The number of carbonyl (C=O) groups is 1. The van der Waals surface area contributed by atoms with E-state index in [1.165, 1.54) is 0 Å². The first kappa shape index (κ1) is 15.2. The van der Waals surface area contributed by atoms with Crippen LogP contribution in [-0.2, 0) is 15.9 Å². The van der Waals surface area contributed by atoms with Gasteiger partial charge in [0.05, 0.1) is 11.7 Å². The van der Waals surface area contributed by atoms with Crippen molar-refractivity contribution in [1.29, 1.82) is 0 Å². The lowest BCUT2D eigenvalue weighted by Gasteiger charge is -2.23. The van der Waals surface area contributed by atoms with Crippen LogP contribution in [0.15, 0.2) is 0 Å². The average molecular weight is 272 g/mol. The van der Waals surface area contributed by atoms with E-state index in [2.05, 4.69) is 4.79 Å². The van der Waals surface area contributed by atoms with E-state index in [9.17, 15) is 9.00 Å². The Balaban J connectivity index is 2.85. The molecule has 0 aromatic rings. The monoisotopic (exact) mass is 272 g/mol. The van der Waals surface area contributed by atoms with Crippen molar-refractivity contribution in [3.05, 3.63) is 5.53 Å². The summed E-state index contributed by atoms with van der Waals surface area (Å²) in [5.41, 5.74) is 8.27. The third-order valence-electron chi connectivity index (χ3n) is 3.43. The molecule has 0 saturated heterocycles. The van der Waals surface area contributed by atoms with Crippen LogP contribution in [0.5, 0.6) is 0 Å². The molecule has 0 amide bonds. The first-order chi connectivity index (χ1) is 8.38. The van der Waals surface area contributed by atoms with E-state index in [4.69, 9.17) is 10.1 Å². The molecule has 1 atom stereocenters. The minimum absolute atomic E-state index is 0.0114. The van der Waals surface area contributed by atoms with E-state index in [0.29, 0.717) is 0 Å². The topological polar surface area (TPSA) is 90.8 Å². The van der Waals surface area contributed by atoms with Crippen molar-refractivity contribution in [1.82, 2.24) is 0 Å². The predicted octanol–water partition coefficient (Wildman–Crippen LogP) is 2.05. The van der Waals surface area contributed by atoms with Gasteiger partial charge >= 0.3 is 5.71 Å².